The molecule has 0 unspecified atom stereocenters. The van der Waals surface area contributed by atoms with Crippen LogP contribution in [0.15, 0.2) is 60.4 Å². The highest BCUT2D eigenvalue weighted by molar-refractivity contribution is 5.80. The van der Waals surface area contributed by atoms with E-state index in [1.165, 1.54) is 5.01 Å². The molecule has 0 saturated heterocycles. The lowest BCUT2D eigenvalue weighted by Gasteiger charge is -2.31. The van der Waals surface area contributed by atoms with Crippen LogP contribution in [0.3, 0.4) is 0 Å². The van der Waals surface area contributed by atoms with E-state index in [1.807, 2.05) is 43.3 Å². The Bertz CT molecular complexity index is 1130. The van der Waals surface area contributed by atoms with Gasteiger partial charge in [-0.2, -0.15) is 27.2 Å². The van der Waals surface area contributed by atoms with Crippen molar-refractivity contribution in [1.29, 1.82) is 0 Å². The van der Waals surface area contributed by atoms with Crippen molar-refractivity contribution in [2.45, 2.75) is 45.0 Å². The number of aromatic amines is 1. The second kappa shape index (κ2) is 9.37. The predicted octanol–water partition coefficient (Wildman–Crippen LogP) is 5.26. The summed E-state index contributed by atoms with van der Waals surface area (Å²) in [6.07, 6.45) is -3.09. The molecule has 0 aliphatic carbocycles. The lowest BCUT2D eigenvalue weighted by atomic mass is 9.98. The molecular weight excluding hydrogens is 457 g/mol. The Morgan fingerprint density at radius 3 is 2.26 bits per heavy atom. The van der Waals surface area contributed by atoms with E-state index in [4.69, 9.17) is 0 Å². The number of aromatic nitrogens is 4. The first kappa shape index (κ1) is 23.6. The van der Waals surface area contributed by atoms with Crippen molar-refractivity contribution in [1.82, 2.24) is 36.2 Å². The van der Waals surface area contributed by atoms with Gasteiger partial charge < -0.3 is 0 Å². The topological polar surface area (TPSA) is 73.0 Å². The largest absolute Gasteiger partial charge is 0.476 e. The van der Waals surface area contributed by atoms with E-state index in [9.17, 15) is 22.0 Å². The molecule has 1 aromatic heterocycles. The maximum absolute atomic E-state index is 13.9. The molecule has 34 heavy (non-hydrogen) atoms. The fourth-order valence-corrected chi connectivity index (χ4v) is 3.59. The minimum Gasteiger partial charge on any atom is -0.289 e. The summed E-state index contributed by atoms with van der Waals surface area (Å²) in [6.45, 7) is 2.02. The Labute approximate surface area is 192 Å². The second-order valence-corrected chi connectivity index (χ2v) is 7.80. The summed E-state index contributed by atoms with van der Waals surface area (Å²) in [5.74, 6) is 0.442. The molecule has 1 aliphatic heterocycles. The standard InChI is InChI=1S/C22H22F5N7/c1-2-3-6-17-14-34(22(26,27)21(23,24)25)32-33(17)13-15-9-11-16(12-10-15)18-7-4-5-8-19(18)20-28-30-31-29-20/h4-5,7-12,14,32H,2-3,6,13H2,1H3,(H,28,29,30,31). The summed E-state index contributed by atoms with van der Waals surface area (Å²) in [5.41, 5.74) is 5.80. The molecule has 0 fully saturated rings. The van der Waals surface area contributed by atoms with E-state index in [0.717, 1.165) is 34.9 Å². The van der Waals surface area contributed by atoms with Gasteiger partial charge in [-0.3, -0.25) is 5.01 Å². The fourth-order valence-electron chi connectivity index (χ4n) is 3.59. The monoisotopic (exact) mass is 479 g/mol. The molecule has 0 radical (unpaired) electrons. The second-order valence-electron chi connectivity index (χ2n) is 7.80. The number of alkyl halides is 5. The summed E-state index contributed by atoms with van der Waals surface area (Å²) in [7, 11) is 0. The molecule has 3 aromatic rings. The van der Waals surface area contributed by atoms with E-state index in [-0.39, 0.29) is 11.6 Å². The number of nitrogens with zero attached hydrogens (tertiary/aromatic N) is 5. The van der Waals surface area contributed by atoms with Crippen LogP contribution in [0.4, 0.5) is 22.0 Å². The van der Waals surface area contributed by atoms with Crippen LogP contribution in [-0.4, -0.2) is 42.9 Å². The number of nitrogens with one attached hydrogen (secondary N) is 2. The van der Waals surface area contributed by atoms with Crippen LogP contribution in [0, 0.1) is 0 Å². The van der Waals surface area contributed by atoms with E-state index >= 15 is 0 Å². The molecule has 2 N–H and O–H groups in total. The Balaban J connectivity index is 1.54. The van der Waals surface area contributed by atoms with E-state index < -0.39 is 12.2 Å². The summed E-state index contributed by atoms with van der Waals surface area (Å²) in [4.78, 5) is 0. The van der Waals surface area contributed by atoms with Crippen molar-refractivity contribution < 1.29 is 22.0 Å². The number of rotatable bonds is 8. The van der Waals surface area contributed by atoms with Gasteiger partial charge >= 0.3 is 12.2 Å². The van der Waals surface area contributed by atoms with Crippen molar-refractivity contribution in [3.8, 4) is 22.5 Å². The van der Waals surface area contributed by atoms with Crippen molar-refractivity contribution in [2.24, 2.45) is 0 Å². The highest BCUT2D eigenvalue weighted by atomic mass is 19.4. The van der Waals surface area contributed by atoms with Crippen molar-refractivity contribution in [2.75, 3.05) is 0 Å². The van der Waals surface area contributed by atoms with Crippen LogP contribution in [0.25, 0.3) is 22.5 Å². The van der Waals surface area contributed by atoms with Gasteiger partial charge in [0.1, 0.15) is 0 Å². The smallest absolute Gasteiger partial charge is 0.289 e. The van der Waals surface area contributed by atoms with Crippen LogP contribution >= 0.6 is 0 Å². The zero-order chi connectivity index (χ0) is 24.3. The Morgan fingerprint density at radius 2 is 1.65 bits per heavy atom. The van der Waals surface area contributed by atoms with Gasteiger partial charge in [-0.05, 0) is 34.7 Å². The molecular formula is C22H22F5N7. The first-order valence-electron chi connectivity index (χ1n) is 10.6. The molecule has 0 saturated carbocycles. The summed E-state index contributed by atoms with van der Waals surface area (Å²) in [5, 5.41) is 15.2. The van der Waals surface area contributed by atoms with Gasteiger partial charge in [0.25, 0.3) is 0 Å². The molecule has 180 valence electrons. The quantitative estimate of drug-likeness (QED) is 0.339. The summed E-state index contributed by atoms with van der Waals surface area (Å²) in [6, 6.07) is 9.76. The molecule has 4 rings (SSSR count). The summed E-state index contributed by atoms with van der Waals surface area (Å²) >= 11 is 0. The number of hydrogen-bond donors (Lipinski definition) is 2. The number of benzene rings is 2. The number of unbranched alkanes of at least 4 members (excludes halogenated alkanes) is 1. The third-order valence-electron chi connectivity index (χ3n) is 5.40. The lowest BCUT2D eigenvalue weighted by molar-refractivity contribution is -0.343. The first-order chi connectivity index (χ1) is 16.2. The van der Waals surface area contributed by atoms with E-state index in [0.29, 0.717) is 24.4 Å². The SMILES string of the molecule is CCCCC1=CN(C(F)(F)C(F)(F)F)NN1Cc1ccc(-c2ccccc2-c2nn[nH]n2)cc1. The molecule has 0 spiro atoms. The van der Waals surface area contributed by atoms with Gasteiger partial charge in [0, 0.05) is 17.5 Å². The molecule has 0 bridgehead atoms. The predicted molar refractivity (Wildman–Crippen MR) is 114 cm³/mol. The van der Waals surface area contributed by atoms with Gasteiger partial charge in [-0.25, -0.2) is 5.01 Å². The number of halogens is 5. The number of H-pyrrole nitrogens is 1. The van der Waals surface area contributed by atoms with Crippen LogP contribution in [0.1, 0.15) is 31.7 Å². The van der Waals surface area contributed by atoms with Crippen LogP contribution in [0.2, 0.25) is 0 Å². The first-order valence-corrected chi connectivity index (χ1v) is 10.6. The molecule has 2 heterocycles. The minimum absolute atomic E-state index is 0.104. The molecule has 2 aromatic carbocycles. The number of allylic oxidation sites excluding steroid dienone is 1. The van der Waals surface area contributed by atoms with Crippen molar-refractivity contribution in [3.63, 3.8) is 0 Å². The maximum Gasteiger partial charge on any atom is 0.476 e. The third-order valence-corrected chi connectivity index (χ3v) is 5.40. The Morgan fingerprint density at radius 1 is 0.941 bits per heavy atom. The third kappa shape index (κ3) is 4.72. The average molecular weight is 479 g/mol. The molecule has 0 atom stereocenters. The van der Waals surface area contributed by atoms with Crippen molar-refractivity contribution >= 4 is 0 Å². The van der Waals surface area contributed by atoms with Gasteiger partial charge in [0.15, 0.2) is 0 Å². The fraction of sp³-hybridized carbons (Fsp3) is 0.318. The number of hydrogen-bond acceptors (Lipinski definition) is 6. The molecule has 0 amide bonds. The summed E-state index contributed by atoms with van der Waals surface area (Å²) < 4.78 is 66.4. The highest BCUT2D eigenvalue weighted by Gasteiger charge is 2.63. The van der Waals surface area contributed by atoms with Crippen LogP contribution in [0.5, 0.6) is 0 Å². The van der Waals surface area contributed by atoms with Gasteiger partial charge in [-0.1, -0.05) is 61.9 Å². The van der Waals surface area contributed by atoms with Gasteiger partial charge in [0.2, 0.25) is 5.82 Å². The van der Waals surface area contributed by atoms with Gasteiger partial charge in [0.05, 0.1) is 6.54 Å². The Hall–Kier alpha value is -3.54. The Kier molecular flexibility index (Phi) is 6.51. The van der Waals surface area contributed by atoms with Crippen molar-refractivity contribution in [3.05, 3.63) is 66.0 Å². The number of tetrazole rings is 1. The van der Waals surface area contributed by atoms with Crippen LogP contribution in [-0.2, 0) is 6.54 Å². The zero-order valence-corrected chi connectivity index (χ0v) is 18.2. The normalized spacial score (nSPS) is 14.6. The van der Waals surface area contributed by atoms with Gasteiger partial charge in [-0.15, -0.1) is 15.7 Å². The maximum atomic E-state index is 13.9. The highest BCUT2D eigenvalue weighted by Crippen LogP contribution is 2.40. The molecule has 1 aliphatic rings. The molecule has 12 heteroatoms. The minimum atomic E-state index is -5.71. The van der Waals surface area contributed by atoms with E-state index in [1.54, 1.807) is 12.1 Å². The molecule has 7 nitrogen and oxygen atoms in total. The zero-order valence-electron chi connectivity index (χ0n) is 18.2. The van der Waals surface area contributed by atoms with Crippen LogP contribution < -0.4 is 5.53 Å². The van der Waals surface area contributed by atoms with E-state index in [2.05, 4.69) is 26.2 Å². The average Bonchev–Trinajstić information content (AvgIpc) is 3.48. The number of hydrazine groups is 2. The lowest BCUT2D eigenvalue weighted by Crippen LogP contribution is -2.56.